The number of nitrogens with one attached hydrogen (secondary N) is 1. The van der Waals surface area contributed by atoms with Crippen LogP contribution in [0.25, 0.3) is 0 Å². The average Bonchev–Trinajstić information content (AvgIpc) is 3.37. The maximum atomic E-state index is 13.4. The van der Waals surface area contributed by atoms with E-state index in [0.717, 1.165) is 38.5 Å². The molecule has 0 atom stereocenters. The standard InChI is InChI=1S/C28H37N3O4/c1-21-10-14-31(15-11-21)27(34)24-19-30(16-17-35-2)18-23(25(24)32)26(33)29-20-28(12-6-7-13-28)22-8-4-3-5-9-22/h3-5,8-9,18-19,21H,6-7,10-17,20H2,1-2H3,(H,29,33). The summed E-state index contributed by atoms with van der Waals surface area (Å²) in [6.07, 6.45) is 9.20. The molecule has 188 valence electrons. The van der Waals surface area contributed by atoms with Gasteiger partial charge in [-0.05, 0) is 37.2 Å². The van der Waals surface area contributed by atoms with Crippen molar-refractivity contribution in [2.24, 2.45) is 5.92 Å². The molecular weight excluding hydrogens is 442 g/mol. The van der Waals surface area contributed by atoms with Crippen molar-refractivity contribution in [3.05, 3.63) is 69.6 Å². The number of likely N-dealkylation sites (tertiary alicyclic amines) is 1. The van der Waals surface area contributed by atoms with Crippen LogP contribution in [-0.2, 0) is 16.7 Å². The van der Waals surface area contributed by atoms with Gasteiger partial charge in [-0.3, -0.25) is 14.4 Å². The molecule has 35 heavy (non-hydrogen) atoms. The Hall–Kier alpha value is -2.93. The fourth-order valence-corrected chi connectivity index (χ4v) is 5.41. The van der Waals surface area contributed by atoms with E-state index in [4.69, 9.17) is 4.74 Å². The molecule has 4 rings (SSSR count). The Labute approximate surface area is 207 Å². The Morgan fingerprint density at radius 2 is 1.71 bits per heavy atom. The first-order valence-corrected chi connectivity index (χ1v) is 12.8. The van der Waals surface area contributed by atoms with E-state index >= 15 is 0 Å². The van der Waals surface area contributed by atoms with Gasteiger partial charge in [-0.2, -0.15) is 0 Å². The number of amides is 2. The molecule has 2 heterocycles. The summed E-state index contributed by atoms with van der Waals surface area (Å²) in [5, 5.41) is 3.05. The summed E-state index contributed by atoms with van der Waals surface area (Å²) >= 11 is 0. The fraction of sp³-hybridized carbons (Fsp3) is 0.536. The number of nitrogens with zero attached hydrogens (tertiary/aromatic N) is 2. The van der Waals surface area contributed by atoms with E-state index < -0.39 is 11.3 Å². The SMILES string of the molecule is COCCn1cc(C(=O)NCC2(c3ccccc3)CCCC2)c(=O)c(C(=O)N2CCC(C)CC2)c1. The predicted molar refractivity (Wildman–Crippen MR) is 136 cm³/mol. The van der Waals surface area contributed by atoms with Crippen LogP contribution in [0.5, 0.6) is 0 Å². The second-order valence-electron chi connectivity index (χ2n) is 10.2. The summed E-state index contributed by atoms with van der Waals surface area (Å²) in [6.45, 7) is 4.77. The van der Waals surface area contributed by atoms with Gasteiger partial charge in [0.15, 0.2) is 0 Å². The number of piperidine rings is 1. The topological polar surface area (TPSA) is 80.6 Å². The molecule has 2 fully saturated rings. The number of aromatic nitrogens is 1. The normalized spacial score (nSPS) is 17.9. The minimum Gasteiger partial charge on any atom is -0.383 e. The molecule has 0 bridgehead atoms. The molecule has 1 saturated heterocycles. The number of pyridine rings is 1. The van der Waals surface area contributed by atoms with Crippen molar-refractivity contribution in [1.29, 1.82) is 0 Å². The van der Waals surface area contributed by atoms with Crippen molar-refractivity contribution in [3.8, 4) is 0 Å². The first-order valence-electron chi connectivity index (χ1n) is 12.8. The number of rotatable bonds is 8. The van der Waals surface area contributed by atoms with E-state index in [1.165, 1.54) is 5.56 Å². The van der Waals surface area contributed by atoms with Crippen LogP contribution in [0.3, 0.4) is 0 Å². The Bertz CT molecular complexity index is 1080. The summed E-state index contributed by atoms with van der Waals surface area (Å²) in [5.74, 6) is -0.147. The van der Waals surface area contributed by atoms with Crippen LogP contribution in [0.4, 0.5) is 0 Å². The van der Waals surface area contributed by atoms with Crippen LogP contribution < -0.4 is 10.7 Å². The van der Waals surface area contributed by atoms with Crippen LogP contribution in [0, 0.1) is 5.92 Å². The van der Waals surface area contributed by atoms with Crippen LogP contribution >= 0.6 is 0 Å². The van der Waals surface area contributed by atoms with Gasteiger partial charge in [0.05, 0.1) is 6.61 Å². The van der Waals surface area contributed by atoms with Gasteiger partial charge in [0, 0.05) is 51.1 Å². The molecule has 0 radical (unpaired) electrons. The molecule has 7 heteroatoms. The van der Waals surface area contributed by atoms with E-state index in [0.29, 0.717) is 38.7 Å². The number of hydrogen-bond acceptors (Lipinski definition) is 4. The van der Waals surface area contributed by atoms with E-state index in [2.05, 4.69) is 24.4 Å². The number of ether oxygens (including phenoxy) is 1. The lowest BCUT2D eigenvalue weighted by Crippen LogP contribution is -2.43. The largest absolute Gasteiger partial charge is 0.383 e. The molecule has 0 spiro atoms. The van der Waals surface area contributed by atoms with E-state index in [1.54, 1.807) is 29.0 Å². The third kappa shape index (κ3) is 5.67. The zero-order valence-corrected chi connectivity index (χ0v) is 20.9. The quantitative estimate of drug-likeness (QED) is 0.627. The summed E-state index contributed by atoms with van der Waals surface area (Å²) < 4.78 is 6.91. The maximum absolute atomic E-state index is 13.4. The Balaban J connectivity index is 1.59. The minimum atomic E-state index is -0.500. The fourth-order valence-electron chi connectivity index (χ4n) is 5.41. The van der Waals surface area contributed by atoms with Crippen LogP contribution in [0.1, 0.15) is 71.7 Å². The Morgan fingerprint density at radius 1 is 1.06 bits per heavy atom. The van der Waals surface area contributed by atoms with Crippen LogP contribution in [0.2, 0.25) is 0 Å². The predicted octanol–water partition coefficient (Wildman–Crippen LogP) is 3.61. The van der Waals surface area contributed by atoms with Gasteiger partial charge < -0.3 is 19.5 Å². The number of hydrogen-bond donors (Lipinski definition) is 1. The number of methoxy groups -OCH3 is 1. The molecule has 1 aliphatic carbocycles. The van der Waals surface area contributed by atoms with E-state index in [9.17, 15) is 14.4 Å². The van der Waals surface area contributed by atoms with Gasteiger partial charge in [-0.1, -0.05) is 50.1 Å². The van der Waals surface area contributed by atoms with Gasteiger partial charge in [0.25, 0.3) is 11.8 Å². The van der Waals surface area contributed by atoms with Gasteiger partial charge in [-0.25, -0.2) is 0 Å². The maximum Gasteiger partial charge on any atom is 0.259 e. The van der Waals surface area contributed by atoms with Crippen molar-refractivity contribution in [1.82, 2.24) is 14.8 Å². The number of carbonyl (C=O) groups is 2. The lowest BCUT2D eigenvalue weighted by Gasteiger charge is -2.30. The highest BCUT2D eigenvalue weighted by molar-refractivity contribution is 5.99. The van der Waals surface area contributed by atoms with E-state index in [-0.39, 0.29) is 22.4 Å². The molecule has 1 aromatic carbocycles. The molecule has 1 aliphatic heterocycles. The summed E-state index contributed by atoms with van der Waals surface area (Å²) in [7, 11) is 1.60. The van der Waals surface area contributed by atoms with Crippen molar-refractivity contribution < 1.29 is 14.3 Å². The molecule has 2 aromatic rings. The molecule has 1 N–H and O–H groups in total. The first kappa shape index (κ1) is 25.2. The average molecular weight is 480 g/mol. The highest BCUT2D eigenvalue weighted by Crippen LogP contribution is 2.40. The van der Waals surface area contributed by atoms with Gasteiger partial charge in [-0.15, -0.1) is 0 Å². The zero-order chi connectivity index (χ0) is 24.8. The van der Waals surface area contributed by atoms with E-state index in [1.807, 2.05) is 18.2 Å². The number of benzene rings is 1. The van der Waals surface area contributed by atoms with Crippen molar-refractivity contribution in [3.63, 3.8) is 0 Å². The summed E-state index contributed by atoms with van der Waals surface area (Å²) in [6, 6.07) is 10.3. The van der Waals surface area contributed by atoms with Crippen LogP contribution in [0.15, 0.2) is 47.5 Å². The number of carbonyl (C=O) groups excluding carboxylic acids is 2. The van der Waals surface area contributed by atoms with Gasteiger partial charge in [0.2, 0.25) is 5.43 Å². The second-order valence-corrected chi connectivity index (χ2v) is 10.2. The van der Waals surface area contributed by atoms with Gasteiger partial charge >= 0.3 is 0 Å². The van der Waals surface area contributed by atoms with Gasteiger partial charge in [0.1, 0.15) is 11.1 Å². The molecular formula is C28H37N3O4. The Morgan fingerprint density at radius 3 is 2.37 bits per heavy atom. The lowest BCUT2D eigenvalue weighted by atomic mass is 9.79. The molecule has 0 unspecified atom stereocenters. The van der Waals surface area contributed by atoms with Crippen molar-refractivity contribution in [2.45, 2.75) is 57.4 Å². The third-order valence-corrected chi connectivity index (χ3v) is 7.71. The molecule has 7 nitrogen and oxygen atoms in total. The Kier molecular flexibility index (Phi) is 8.06. The monoisotopic (exact) mass is 479 g/mol. The zero-order valence-electron chi connectivity index (χ0n) is 20.9. The molecule has 1 saturated carbocycles. The minimum absolute atomic E-state index is 0.0125. The second kappa shape index (κ2) is 11.2. The highest BCUT2D eigenvalue weighted by atomic mass is 16.5. The van der Waals surface area contributed by atoms with Crippen molar-refractivity contribution in [2.75, 3.05) is 33.4 Å². The molecule has 2 aliphatic rings. The summed E-state index contributed by atoms with van der Waals surface area (Å²) in [5.41, 5.74) is 0.670. The highest BCUT2D eigenvalue weighted by Gasteiger charge is 2.36. The first-order chi connectivity index (χ1) is 16.9. The molecule has 2 amide bonds. The lowest BCUT2D eigenvalue weighted by molar-refractivity contribution is 0.0694. The third-order valence-electron chi connectivity index (χ3n) is 7.71. The smallest absolute Gasteiger partial charge is 0.259 e. The van der Waals surface area contributed by atoms with Crippen molar-refractivity contribution >= 4 is 11.8 Å². The summed E-state index contributed by atoms with van der Waals surface area (Å²) in [4.78, 5) is 41.7. The van der Waals surface area contributed by atoms with Crippen LogP contribution in [-0.4, -0.2) is 54.6 Å². The molecule has 1 aromatic heterocycles.